The molecule has 13 nitrogen and oxygen atoms in total. The number of dihydropyridines is 1. The number of rotatable bonds is 6. The van der Waals surface area contributed by atoms with Crippen LogP contribution in [0.4, 0.5) is 19.0 Å². The Morgan fingerprint density at radius 2 is 2.08 bits per heavy atom. The van der Waals surface area contributed by atoms with Crippen molar-refractivity contribution in [1.29, 1.82) is 0 Å². The Kier molecular flexibility index (Phi) is 5.70. The van der Waals surface area contributed by atoms with Gasteiger partial charge in [-0.3, -0.25) is 23.7 Å². The van der Waals surface area contributed by atoms with Crippen LogP contribution >= 0.6 is 0 Å². The van der Waals surface area contributed by atoms with Gasteiger partial charge in [0, 0.05) is 24.9 Å². The zero-order chi connectivity index (χ0) is 28.2. The van der Waals surface area contributed by atoms with E-state index >= 15 is 0 Å². The molecule has 1 fully saturated rings. The van der Waals surface area contributed by atoms with Crippen LogP contribution in [0.2, 0.25) is 0 Å². The first kappa shape index (κ1) is 25.3. The molecule has 1 aliphatic carbocycles. The smallest absolute Gasteiger partial charge is 0.376 e. The fourth-order valence-electron chi connectivity index (χ4n) is 4.55. The largest absolute Gasteiger partial charge is 0.412 e. The van der Waals surface area contributed by atoms with E-state index in [9.17, 15) is 27.6 Å². The second-order valence-electron chi connectivity index (χ2n) is 9.43. The van der Waals surface area contributed by atoms with Gasteiger partial charge in [0.1, 0.15) is 23.5 Å². The fourth-order valence-corrected chi connectivity index (χ4v) is 4.55. The molecule has 1 amide bonds. The lowest BCUT2D eigenvalue weighted by molar-refractivity contribution is -0.142. The number of fused-ring (bicyclic) bond motifs is 1. The van der Waals surface area contributed by atoms with Crippen molar-refractivity contribution in [3.8, 4) is 0 Å². The van der Waals surface area contributed by atoms with Crippen LogP contribution < -0.4 is 21.9 Å². The number of imidazole rings is 1. The molecule has 1 atom stereocenters. The molecular weight excluding hydrogens is 535 g/mol. The number of anilines is 1. The first-order valence-electron chi connectivity index (χ1n) is 12.0. The summed E-state index contributed by atoms with van der Waals surface area (Å²) >= 11 is 0. The van der Waals surface area contributed by atoms with E-state index in [-0.39, 0.29) is 29.2 Å². The molecule has 2 N–H and O–H groups in total. The Labute approximate surface area is 221 Å². The molecule has 1 unspecified atom stereocenters. The molecule has 5 heterocycles. The molecule has 0 saturated heterocycles. The summed E-state index contributed by atoms with van der Waals surface area (Å²) < 4.78 is 47.2. The maximum Gasteiger partial charge on any atom is 0.412 e. The van der Waals surface area contributed by atoms with Crippen molar-refractivity contribution in [2.24, 2.45) is 7.05 Å². The Bertz CT molecular complexity index is 1810. The van der Waals surface area contributed by atoms with Crippen LogP contribution in [0.15, 0.2) is 63.5 Å². The number of aryl methyl sites for hydroxylation is 1. The standard InChI is InChI=1S/C24H20F3N9O4/c1-34-19-18(20(37)35(22(34)39)11-14-4-7-40-33-14)36(12-30-19)23(5-6-23)21(38)32-17-10-28-9-15(31-17)13-2-3-16(29-8-13)24(25,26)27/h2-4,7-10,12,16,29H,5-6,11H2,1H3,(H,31,32,38). The third-order valence-corrected chi connectivity index (χ3v) is 6.86. The van der Waals surface area contributed by atoms with Crippen LogP contribution in [0.3, 0.4) is 0 Å². The molecular formula is C24H20F3N9O4. The summed E-state index contributed by atoms with van der Waals surface area (Å²) in [5.41, 5.74) is -1.26. The Morgan fingerprint density at radius 3 is 2.73 bits per heavy atom. The zero-order valence-electron chi connectivity index (χ0n) is 20.7. The molecule has 1 aliphatic heterocycles. The van der Waals surface area contributed by atoms with Crippen molar-refractivity contribution in [3.05, 3.63) is 81.6 Å². The third kappa shape index (κ3) is 4.17. The summed E-state index contributed by atoms with van der Waals surface area (Å²) in [7, 11) is 1.47. The van der Waals surface area contributed by atoms with Crippen molar-refractivity contribution in [2.45, 2.75) is 37.1 Å². The van der Waals surface area contributed by atoms with E-state index in [2.05, 4.69) is 30.7 Å². The number of nitrogens with one attached hydrogen (secondary N) is 2. The van der Waals surface area contributed by atoms with Gasteiger partial charge in [-0.1, -0.05) is 17.3 Å². The van der Waals surface area contributed by atoms with Crippen LogP contribution in [0.1, 0.15) is 24.2 Å². The average Bonchev–Trinajstić information content (AvgIpc) is 3.35. The molecule has 0 aromatic carbocycles. The number of hydrogen-bond donors (Lipinski definition) is 2. The number of hydrogen-bond acceptors (Lipinski definition) is 9. The van der Waals surface area contributed by atoms with Crippen molar-refractivity contribution < 1.29 is 22.5 Å². The molecule has 0 spiro atoms. The van der Waals surface area contributed by atoms with Gasteiger partial charge in [-0.05, 0) is 12.8 Å². The number of amides is 1. The SMILES string of the molecule is Cn1c(=O)n(Cc2ccon2)c(=O)c2c1ncn2C1(C(=O)Nc2cncc(C3=CNC(C(F)(F)F)C=C3)n2)CC1. The van der Waals surface area contributed by atoms with E-state index in [0.29, 0.717) is 24.1 Å². The third-order valence-electron chi connectivity index (χ3n) is 6.86. The lowest BCUT2D eigenvalue weighted by Crippen LogP contribution is -2.41. The summed E-state index contributed by atoms with van der Waals surface area (Å²) in [4.78, 5) is 52.4. The predicted octanol–water partition coefficient (Wildman–Crippen LogP) is 1.28. The predicted molar refractivity (Wildman–Crippen MR) is 133 cm³/mol. The Hall–Kier alpha value is -5.02. The fraction of sp³-hybridized carbons (Fsp3) is 0.292. The van der Waals surface area contributed by atoms with Gasteiger partial charge in [-0.25, -0.2) is 14.8 Å². The highest BCUT2D eigenvalue weighted by molar-refractivity contribution is 5.99. The lowest BCUT2D eigenvalue weighted by atomic mass is 10.1. The van der Waals surface area contributed by atoms with Gasteiger partial charge < -0.3 is 19.7 Å². The first-order valence-corrected chi connectivity index (χ1v) is 12.0. The highest BCUT2D eigenvalue weighted by atomic mass is 19.4. The minimum absolute atomic E-state index is 0.0703. The molecule has 16 heteroatoms. The molecule has 206 valence electrons. The molecule has 4 aromatic rings. The van der Waals surface area contributed by atoms with Gasteiger partial charge in [0.25, 0.3) is 11.5 Å². The Morgan fingerprint density at radius 1 is 1.27 bits per heavy atom. The van der Waals surface area contributed by atoms with Crippen LogP contribution in [0.5, 0.6) is 0 Å². The average molecular weight is 555 g/mol. The topological polar surface area (TPSA) is 155 Å². The highest BCUT2D eigenvalue weighted by Gasteiger charge is 2.53. The monoisotopic (exact) mass is 555 g/mol. The first-order chi connectivity index (χ1) is 19.1. The van der Waals surface area contributed by atoms with E-state index in [1.807, 2.05) is 0 Å². The zero-order valence-corrected chi connectivity index (χ0v) is 20.7. The minimum atomic E-state index is -4.44. The molecule has 0 bridgehead atoms. The number of nitrogens with zero attached hydrogens (tertiary/aromatic N) is 7. The van der Waals surface area contributed by atoms with Crippen LogP contribution in [-0.2, 0) is 23.9 Å². The van der Waals surface area contributed by atoms with Crippen LogP contribution in [-0.4, -0.2) is 51.9 Å². The van der Waals surface area contributed by atoms with Crippen molar-refractivity contribution in [3.63, 3.8) is 0 Å². The molecule has 2 aliphatic rings. The van der Waals surface area contributed by atoms with Crippen LogP contribution in [0.25, 0.3) is 16.7 Å². The second kappa shape index (κ2) is 9.03. The van der Waals surface area contributed by atoms with E-state index in [1.54, 1.807) is 0 Å². The van der Waals surface area contributed by atoms with Gasteiger partial charge in [-0.15, -0.1) is 0 Å². The second-order valence-corrected chi connectivity index (χ2v) is 9.43. The quantitative estimate of drug-likeness (QED) is 0.358. The summed E-state index contributed by atoms with van der Waals surface area (Å²) in [6.45, 7) is -0.131. The number of allylic oxidation sites excluding steroid dienone is 2. The maximum atomic E-state index is 13.5. The highest BCUT2D eigenvalue weighted by Crippen LogP contribution is 2.45. The molecule has 40 heavy (non-hydrogen) atoms. The normalized spacial score (nSPS) is 17.9. The maximum absolute atomic E-state index is 13.5. The van der Waals surface area contributed by atoms with E-state index < -0.39 is 34.9 Å². The number of alkyl halides is 3. The van der Waals surface area contributed by atoms with Crippen molar-refractivity contribution in [2.75, 3.05) is 5.32 Å². The number of halogens is 3. The molecule has 1 saturated carbocycles. The van der Waals surface area contributed by atoms with E-state index in [1.165, 1.54) is 59.5 Å². The summed E-state index contributed by atoms with van der Waals surface area (Å²) in [5.74, 6) is -0.417. The molecule has 4 aromatic heterocycles. The number of aromatic nitrogens is 7. The van der Waals surface area contributed by atoms with Crippen LogP contribution in [0, 0.1) is 0 Å². The molecule has 0 radical (unpaired) electrons. The summed E-state index contributed by atoms with van der Waals surface area (Å²) in [5, 5.41) is 8.72. The van der Waals surface area contributed by atoms with E-state index in [4.69, 9.17) is 4.52 Å². The van der Waals surface area contributed by atoms with Crippen molar-refractivity contribution in [1.82, 2.24) is 39.1 Å². The minimum Gasteiger partial charge on any atom is -0.376 e. The van der Waals surface area contributed by atoms with Gasteiger partial charge in [0.15, 0.2) is 17.0 Å². The van der Waals surface area contributed by atoms with Gasteiger partial charge in [0.05, 0.1) is 31.0 Å². The van der Waals surface area contributed by atoms with E-state index in [0.717, 1.165) is 10.6 Å². The molecule has 6 rings (SSSR count). The number of carbonyl (C=O) groups is 1. The number of carbonyl (C=O) groups excluding carboxylic acids is 1. The van der Waals surface area contributed by atoms with Gasteiger partial charge in [-0.2, -0.15) is 13.2 Å². The van der Waals surface area contributed by atoms with Crippen molar-refractivity contribution >= 4 is 28.5 Å². The van der Waals surface area contributed by atoms with Gasteiger partial charge in [0.2, 0.25) is 0 Å². The summed E-state index contributed by atoms with van der Waals surface area (Å²) in [6, 6.07) is -0.283. The Balaban J connectivity index is 1.29. The lowest BCUT2D eigenvalue weighted by Gasteiger charge is -2.21. The summed E-state index contributed by atoms with van der Waals surface area (Å²) in [6.07, 6.45) is 5.09. The van der Waals surface area contributed by atoms with Gasteiger partial charge >= 0.3 is 11.9 Å².